The van der Waals surface area contributed by atoms with Crippen molar-refractivity contribution < 1.29 is 0 Å². The molecule has 18 heavy (non-hydrogen) atoms. The number of thiophene rings is 1. The van der Waals surface area contributed by atoms with Gasteiger partial charge in [0, 0.05) is 28.8 Å². The van der Waals surface area contributed by atoms with E-state index in [-0.39, 0.29) is 0 Å². The molecular formula is C14H13ClN2S. The molecule has 0 aliphatic carbocycles. The van der Waals surface area contributed by atoms with Gasteiger partial charge in [-0.1, -0.05) is 17.7 Å². The number of aromatic nitrogens is 1. The average Bonchev–Trinajstić information content (AvgIpc) is 2.92. The van der Waals surface area contributed by atoms with E-state index in [0.29, 0.717) is 0 Å². The van der Waals surface area contributed by atoms with Crippen LogP contribution in [-0.4, -0.2) is 4.98 Å². The summed E-state index contributed by atoms with van der Waals surface area (Å²) in [5, 5.41) is 4.66. The number of hydrogen-bond acceptors (Lipinski definition) is 2. The number of nitrogens with one attached hydrogen (secondary N) is 2. The molecule has 0 saturated carbocycles. The number of H-pyrrole nitrogens is 1. The van der Waals surface area contributed by atoms with Crippen LogP contribution in [0.4, 0.5) is 5.69 Å². The van der Waals surface area contributed by atoms with Crippen LogP contribution < -0.4 is 5.32 Å². The third-order valence-electron chi connectivity index (χ3n) is 3.03. The van der Waals surface area contributed by atoms with Crippen molar-refractivity contribution in [2.24, 2.45) is 0 Å². The summed E-state index contributed by atoms with van der Waals surface area (Å²) in [6, 6.07) is 10.4. The van der Waals surface area contributed by atoms with Crippen molar-refractivity contribution in [2.45, 2.75) is 13.5 Å². The molecule has 1 aromatic carbocycles. The zero-order valence-corrected chi connectivity index (χ0v) is 11.5. The van der Waals surface area contributed by atoms with Crippen LogP contribution in [0.3, 0.4) is 0 Å². The van der Waals surface area contributed by atoms with E-state index in [1.54, 1.807) is 11.3 Å². The molecule has 0 fully saturated rings. The number of aromatic amines is 1. The summed E-state index contributed by atoms with van der Waals surface area (Å²) in [7, 11) is 0. The Hall–Kier alpha value is -1.45. The molecule has 0 atom stereocenters. The summed E-state index contributed by atoms with van der Waals surface area (Å²) in [5.74, 6) is 0. The molecular weight excluding hydrogens is 264 g/mol. The normalized spacial score (nSPS) is 11.0. The number of benzene rings is 1. The molecule has 0 saturated heterocycles. The highest BCUT2D eigenvalue weighted by Crippen LogP contribution is 2.26. The Bertz CT molecular complexity index is 684. The maximum atomic E-state index is 6.00. The second kappa shape index (κ2) is 4.67. The van der Waals surface area contributed by atoms with Crippen molar-refractivity contribution in [1.29, 1.82) is 0 Å². The van der Waals surface area contributed by atoms with E-state index in [0.717, 1.165) is 22.1 Å². The average molecular weight is 277 g/mol. The van der Waals surface area contributed by atoms with Gasteiger partial charge in [-0.25, -0.2) is 0 Å². The molecule has 3 rings (SSSR count). The van der Waals surface area contributed by atoms with Gasteiger partial charge in [0.25, 0.3) is 0 Å². The highest BCUT2D eigenvalue weighted by Gasteiger charge is 2.04. The summed E-state index contributed by atoms with van der Waals surface area (Å²) >= 11 is 7.62. The highest BCUT2D eigenvalue weighted by molar-refractivity contribution is 7.16. The van der Waals surface area contributed by atoms with E-state index >= 15 is 0 Å². The van der Waals surface area contributed by atoms with Gasteiger partial charge in [0.15, 0.2) is 0 Å². The summed E-state index contributed by atoms with van der Waals surface area (Å²) in [6.07, 6.45) is 1.96. The van der Waals surface area contributed by atoms with Crippen LogP contribution in [0, 0.1) is 6.92 Å². The third-order valence-corrected chi connectivity index (χ3v) is 4.25. The molecule has 2 aromatic heterocycles. The maximum absolute atomic E-state index is 6.00. The van der Waals surface area contributed by atoms with Crippen molar-refractivity contribution in [3.63, 3.8) is 0 Å². The molecule has 92 valence electrons. The lowest BCUT2D eigenvalue weighted by atomic mass is 10.2. The van der Waals surface area contributed by atoms with Gasteiger partial charge in [-0.15, -0.1) is 11.3 Å². The molecule has 2 N–H and O–H groups in total. The molecule has 4 heteroatoms. The fourth-order valence-electron chi connectivity index (χ4n) is 2.01. The van der Waals surface area contributed by atoms with Gasteiger partial charge in [0.2, 0.25) is 0 Å². The van der Waals surface area contributed by atoms with Gasteiger partial charge in [-0.05, 0) is 42.1 Å². The van der Waals surface area contributed by atoms with E-state index < -0.39 is 0 Å². The fourth-order valence-corrected chi connectivity index (χ4v) is 3.25. The lowest BCUT2D eigenvalue weighted by Crippen LogP contribution is -1.98. The first-order chi connectivity index (χ1) is 8.72. The second-order valence-corrected chi connectivity index (χ2v) is 6.15. The van der Waals surface area contributed by atoms with Crippen LogP contribution in [0.25, 0.3) is 10.9 Å². The lowest BCUT2D eigenvalue weighted by Gasteiger charge is -2.06. The molecule has 3 aromatic rings. The Balaban J connectivity index is 1.78. The molecule has 2 nitrogen and oxygen atoms in total. The number of halogens is 1. The smallest absolute Gasteiger partial charge is 0.0934 e. The molecule has 0 radical (unpaired) electrons. The summed E-state index contributed by atoms with van der Waals surface area (Å²) in [4.78, 5) is 4.49. The minimum absolute atomic E-state index is 0.807. The zero-order valence-electron chi connectivity index (χ0n) is 9.96. The Morgan fingerprint density at radius 1 is 1.28 bits per heavy atom. The summed E-state index contributed by atoms with van der Waals surface area (Å²) < 4.78 is 0.851. The highest BCUT2D eigenvalue weighted by atomic mass is 35.5. The monoisotopic (exact) mass is 276 g/mol. The van der Waals surface area contributed by atoms with Crippen molar-refractivity contribution in [3.8, 4) is 0 Å². The largest absolute Gasteiger partial charge is 0.381 e. The first kappa shape index (κ1) is 11.6. The molecule has 0 aliphatic heterocycles. The summed E-state index contributed by atoms with van der Waals surface area (Å²) in [6.45, 7) is 2.91. The Morgan fingerprint density at radius 2 is 2.17 bits per heavy atom. The van der Waals surface area contributed by atoms with Gasteiger partial charge in [-0.3, -0.25) is 0 Å². The number of hydrogen-bond donors (Lipinski definition) is 2. The molecule has 0 amide bonds. The van der Waals surface area contributed by atoms with E-state index in [1.165, 1.54) is 15.8 Å². The van der Waals surface area contributed by atoms with Gasteiger partial charge in [0.05, 0.1) is 4.34 Å². The summed E-state index contributed by atoms with van der Waals surface area (Å²) in [5.41, 5.74) is 3.53. The SMILES string of the molecule is Cc1sc(Cl)cc1CNc1ccc2cc[nH]c2c1. The predicted molar refractivity (Wildman–Crippen MR) is 79.7 cm³/mol. The minimum Gasteiger partial charge on any atom is -0.381 e. The van der Waals surface area contributed by atoms with Crippen molar-refractivity contribution >= 4 is 39.5 Å². The fraction of sp³-hybridized carbons (Fsp3) is 0.143. The van der Waals surface area contributed by atoms with Crippen LogP contribution in [0.5, 0.6) is 0 Å². The van der Waals surface area contributed by atoms with Gasteiger partial charge < -0.3 is 10.3 Å². The van der Waals surface area contributed by atoms with Crippen LogP contribution >= 0.6 is 22.9 Å². The Morgan fingerprint density at radius 3 is 2.94 bits per heavy atom. The number of rotatable bonds is 3. The van der Waals surface area contributed by atoms with Gasteiger partial charge >= 0.3 is 0 Å². The molecule has 2 heterocycles. The van der Waals surface area contributed by atoms with E-state index in [9.17, 15) is 0 Å². The maximum Gasteiger partial charge on any atom is 0.0934 e. The van der Waals surface area contributed by atoms with Crippen LogP contribution in [0.1, 0.15) is 10.4 Å². The molecule has 0 aliphatic rings. The van der Waals surface area contributed by atoms with E-state index in [2.05, 4.69) is 41.5 Å². The quantitative estimate of drug-likeness (QED) is 0.706. The third kappa shape index (κ3) is 2.24. The van der Waals surface area contributed by atoms with Crippen LogP contribution in [0.15, 0.2) is 36.5 Å². The predicted octanol–water partition coefficient (Wildman–Crippen LogP) is 4.80. The lowest BCUT2D eigenvalue weighted by molar-refractivity contribution is 1.14. The Labute approximate surface area is 115 Å². The van der Waals surface area contributed by atoms with E-state index in [4.69, 9.17) is 11.6 Å². The standard InChI is InChI=1S/C14H13ClN2S/c1-9-11(6-14(15)18-9)8-17-12-3-2-10-4-5-16-13(10)7-12/h2-7,16-17H,8H2,1H3. The topological polar surface area (TPSA) is 27.8 Å². The van der Waals surface area contributed by atoms with Crippen molar-refractivity contribution in [2.75, 3.05) is 5.32 Å². The minimum atomic E-state index is 0.807. The van der Waals surface area contributed by atoms with Crippen LogP contribution in [-0.2, 0) is 6.54 Å². The zero-order chi connectivity index (χ0) is 12.5. The van der Waals surface area contributed by atoms with Crippen LogP contribution in [0.2, 0.25) is 4.34 Å². The van der Waals surface area contributed by atoms with E-state index in [1.807, 2.05) is 12.3 Å². The first-order valence-corrected chi connectivity index (χ1v) is 6.97. The number of anilines is 1. The van der Waals surface area contributed by atoms with Gasteiger partial charge in [0.1, 0.15) is 0 Å². The first-order valence-electron chi connectivity index (χ1n) is 5.78. The molecule has 0 unspecified atom stereocenters. The van der Waals surface area contributed by atoms with Crippen molar-refractivity contribution in [3.05, 3.63) is 51.3 Å². The van der Waals surface area contributed by atoms with Crippen molar-refractivity contribution in [1.82, 2.24) is 4.98 Å². The Kier molecular flexibility index (Phi) is 3.02. The van der Waals surface area contributed by atoms with Gasteiger partial charge in [-0.2, -0.15) is 0 Å². The number of aryl methyl sites for hydroxylation is 1. The second-order valence-electron chi connectivity index (χ2n) is 4.27. The number of fused-ring (bicyclic) bond motifs is 1. The molecule has 0 bridgehead atoms. The molecule has 0 spiro atoms.